The molecule has 0 saturated heterocycles. The number of fused-ring (bicyclic) bond motifs is 3. The van der Waals surface area contributed by atoms with Gasteiger partial charge in [-0.15, -0.1) is 0 Å². The second kappa shape index (κ2) is 4.86. The van der Waals surface area contributed by atoms with E-state index in [9.17, 15) is 4.79 Å². The van der Waals surface area contributed by atoms with Crippen molar-refractivity contribution in [3.8, 4) is 22.8 Å². The standard InChI is InChI=1S/C20H13NO3/c22-18-9-16(14-6-5-12-3-1-2-4-13(12)7-14)21-17-10-20-19(8-15(17)18)23-11-24-20/h1-10H,11H2,(H,21,22). The first-order valence-electron chi connectivity index (χ1n) is 7.74. The highest BCUT2D eigenvalue weighted by Crippen LogP contribution is 2.35. The molecule has 0 atom stereocenters. The Hall–Kier alpha value is -3.27. The van der Waals surface area contributed by atoms with Crippen molar-refractivity contribution in [2.24, 2.45) is 0 Å². The molecule has 5 rings (SSSR count). The highest BCUT2D eigenvalue weighted by molar-refractivity contribution is 5.89. The summed E-state index contributed by atoms with van der Waals surface area (Å²) >= 11 is 0. The fraction of sp³-hybridized carbons (Fsp3) is 0.0500. The molecule has 0 amide bonds. The Morgan fingerprint density at radius 2 is 1.62 bits per heavy atom. The summed E-state index contributed by atoms with van der Waals surface area (Å²) in [6.45, 7) is 0.192. The molecule has 0 bridgehead atoms. The normalized spacial score (nSPS) is 12.8. The summed E-state index contributed by atoms with van der Waals surface area (Å²) in [6, 6.07) is 19.5. The Balaban J connectivity index is 1.73. The number of H-pyrrole nitrogens is 1. The van der Waals surface area contributed by atoms with Crippen molar-refractivity contribution in [1.29, 1.82) is 0 Å². The van der Waals surface area contributed by atoms with E-state index < -0.39 is 0 Å². The van der Waals surface area contributed by atoms with Crippen LogP contribution in [0.1, 0.15) is 0 Å². The molecule has 1 aliphatic rings. The Bertz CT molecular complexity index is 1160. The molecule has 0 fully saturated rings. The van der Waals surface area contributed by atoms with Gasteiger partial charge in [0, 0.05) is 23.2 Å². The van der Waals surface area contributed by atoms with Crippen LogP contribution in [-0.4, -0.2) is 11.8 Å². The summed E-state index contributed by atoms with van der Waals surface area (Å²) in [5, 5.41) is 2.91. The van der Waals surface area contributed by atoms with E-state index in [1.54, 1.807) is 12.1 Å². The van der Waals surface area contributed by atoms with Crippen LogP contribution in [0.5, 0.6) is 11.5 Å². The number of pyridine rings is 1. The van der Waals surface area contributed by atoms with Gasteiger partial charge in [0.15, 0.2) is 16.9 Å². The number of benzene rings is 3. The van der Waals surface area contributed by atoms with Crippen LogP contribution in [-0.2, 0) is 0 Å². The molecule has 116 valence electrons. The van der Waals surface area contributed by atoms with E-state index in [2.05, 4.69) is 29.2 Å². The summed E-state index contributed by atoms with van der Waals surface area (Å²) in [6.07, 6.45) is 0. The van der Waals surface area contributed by atoms with E-state index >= 15 is 0 Å². The van der Waals surface area contributed by atoms with Crippen LogP contribution in [0.2, 0.25) is 0 Å². The van der Waals surface area contributed by atoms with Crippen LogP contribution in [0.3, 0.4) is 0 Å². The van der Waals surface area contributed by atoms with Gasteiger partial charge in [-0.05, 0) is 28.5 Å². The van der Waals surface area contributed by atoms with Crippen LogP contribution in [0.15, 0.2) is 65.5 Å². The molecule has 0 saturated carbocycles. The van der Waals surface area contributed by atoms with E-state index in [1.165, 1.54) is 5.39 Å². The first kappa shape index (κ1) is 13.2. The molecule has 3 aromatic carbocycles. The molecule has 2 heterocycles. The molecular weight excluding hydrogens is 302 g/mol. The maximum Gasteiger partial charge on any atom is 0.231 e. The van der Waals surface area contributed by atoms with Crippen molar-refractivity contribution in [2.45, 2.75) is 0 Å². The zero-order chi connectivity index (χ0) is 16.1. The minimum atomic E-state index is -0.0368. The van der Waals surface area contributed by atoms with Crippen LogP contribution in [0.4, 0.5) is 0 Å². The largest absolute Gasteiger partial charge is 0.454 e. The SMILES string of the molecule is O=c1cc(-c2ccc3ccccc3c2)[nH]c2cc3c(cc12)OCO3. The maximum absolute atomic E-state index is 12.5. The Kier molecular flexibility index (Phi) is 2.67. The van der Waals surface area contributed by atoms with Gasteiger partial charge in [0.1, 0.15) is 0 Å². The predicted molar refractivity (Wildman–Crippen MR) is 93.6 cm³/mol. The van der Waals surface area contributed by atoms with Gasteiger partial charge >= 0.3 is 0 Å². The zero-order valence-electron chi connectivity index (χ0n) is 12.7. The molecule has 4 nitrogen and oxygen atoms in total. The summed E-state index contributed by atoms with van der Waals surface area (Å²) in [5.74, 6) is 1.28. The Morgan fingerprint density at radius 1 is 0.833 bits per heavy atom. The molecular formula is C20H13NO3. The lowest BCUT2D eigenvalue weighted by Crippen LogP contribution is -2.03. The van der Waals surface area contributed by atoms with Crippen LogP contribution in [0.25, 0.3) is 32.9 Å². The number of rotatable bonds is 1. The van der Waals surface area contributed by atoms with Crippen LogP contribution < -0.4 is 14.9 Å². The summed E-state index contributed by atoms with van der Waals surface area (Å²) < 4.78 is 10.8. The molecule has 0 spiro atoms. The van der Waals surface area contributed by atoms with Gasteiger partial charge in [0.2, 0.25) is 6.79 Å². The number of ether oxygens (including phenoxy) is 2. The van der Waals surface area contributed by atoms with Gasteiger partial charge in [0.25, 0.3) is 0 Å². The predicted octanol–water partition coefficient (Wildman–Crippen LogP) is 4.08. The fourth-order valence-corrected chi connectivity index (χ4v) is 3.15. The highest BCUT2D eigenvalue weighted by atomic mass is 16.7. The van der Waals surface area contributed by atoms with Gasteiger partial charge in [-0.3, -0.25) is 4.79 Å². The van der Waals surface area contributed by atoms with E-state index in [1.807, 2.05) is 24.3 Å². The van der Waals surface area contributed by atoms with Gasteiger partial charge in [-0.1, -0.05) is 36.4 Å². The third-order valence-electron chi connectivity index (χ3n) is 4.38. The third-order valence-corrected chi connectivity index (χ3v) is 4.38. The van der Waals surface area contributed by atoms with Crippen molar-refractivity contribution in [3.05, 3.63) is 70.9 Å². The molecule has 1 aromatic heterocycles. The van der Waals surface area contributed by atoms with Gasteiger partial charge < -0.3 is 14.5 Å². The van der Waals surface area contributed by atoms with E-state index in [0.29, 0.717) is 16.9 Å². The van der Waals surface area contributed by atoms with E-state index in [0.717, 1.165) is 22.2 Å². The number of hydrogen-bond acceptors (Lipinski definition) is 3. The van der Waals surface area contributed by atoms with Crippen molar-refractivity contribution >= 4 is 21.7 Å². The molecule has 0 aliphatic carbocycles. The van der Waals surface area contributed by atoms with E-state index in [-0.39, 0.29) is 12.2 Å². The Morgan fingerprint density at radius 3 is 2.50 bits per heavy atom. The van der Waals surface area contributed by atoms with Crippen molar-refractivity contribution in [3.63, 3.8) is 0 Å². The highest BCUT2D eigenvalue weighted by Gasteiger charge is 2.16. The lowest BCUT2D eigenvalue weighted by molar-refractivity contribution is 0.174. The zero-order valence-corrected chi connectivity index (χ0v) is 12.7. The molecule has 1 N–H and O–H groups in total. The average Bonchev–Trinajstić information content (AvgIpc) is 3.07. The van der Waals surface area contributed by atoms with Crippen LogP contribution in [0, 0.1) is 0 Å². The average molecular weight is 315 g/mol. The Labute approximate surface area is 137 Å². The first-order chi connectivity index (χ1) is 11.8. The number of aromatic amines is 1. The van der Waals surface area contributed by atoms with Crippen molar-refractivity contribution < 1.29 is 9.47 Å². The van der Waals surface area contributed by atoms with Gasteiger partial charge in [-0.2, -0.15) is 0 Å². The number of aromatic nitrogens is 1. The molecule has 0 radical (unpaired) electrons. The number of hydrogen-bond donors (Lipinski definition) is 1. The quantitative estimate of drug-likeness (QED) is 0.576. The summed E-state index contributed by atoms with van der Waals surface area (Å²) in [5.41, 5.74) is 2.47. The molecule has 0 unspecified atom stereocenters. The fourth-order valence-electron chi connectivity index (χ4n) is 3.15. The molecule has 24 heavy (non-hydrogen) atoms. The monoisotopic (exact) mass is 315 g/mol. The topological polar surface area (TPSA) is 51.3 Å². The maximum atomic E-state index is 12.5. The minimum Gasteiger partial charge on any atom is -0.454 e. The first-order valence-corrected chi connectivity index (χ1v) is 7.74. The van der Waals surface area contributed by atoms with Crippen molar-refractivity contribution in [2.75, 3.05) is 6.79 Å². The second-order valence-electron chi connectivity index (χ2n) is 5.86. The van der Waals surface area contributed by atoms with E-state index in [4.69, 9.17) is 9.47 Å². The molecule has 4 aromatic rings. The van der Waals surface area contributed by atoms with Gasteiger partial charge in [0.05, 0.1) is 5.52 Å². The molecule has 1 aliphatic heterocycles. The summed E-state index contributed by atoms with van der Waals surface area (Å²) in [4.78, 5) is 15.9. The summed E-state index contributed by atoms with van der Waals surface area (Å²) in [7, 11) is 0. The lowest BCUT2D eigenvalue weighted by Gasteiger charge is -2.07. The smallest absolute Gasteiger partial charge is 0.231 e. The van der Waals surface area contributed by atoms with Gasteiger partial charge in [-0.25, -0.2) is 0 Å². The second-order valence-corrected chi connectivity index (χ2v) is 5.86. The third kappa shape index (κ3) is 1.97. The van der Waals surface area contributed by atoms with Crippen molar-refractivity contribution in [1.82, 2.24) is 4.98 Å². The minimum absolute atomic E-state index is 0.0368. The lowest BCUT2D eigenvalue weighted by atomic mass is 10.0. The molecule has 4 heteroatoms. The van der Waals surface area contributed by atoms with Crippen LogP contribution >= 0.6 is 0 Å². The number of nitrogens with one attached hydrogen (secondary N) is 1.